The molecule has 0 saturated carbocycles. The van der Waals surface area contributed by atoms with E-state index in [1.165, 1.54) is 23.1 Å². The number of amides is 1. The van der Waals surface area contributed by atoms with Crippen molar-refractivity contribution in [2.24, 2.45) is 0 Å². The second-order valence-corrected chi connectivity index (χ2v) is 5.50. The molecule has 1 aromatic rings. The van der Waals surface area contributed by atoms with Gasteiger partial charge in [0.2, 0.25) is 5.91 Å². The summed E-state index contributed by atoms with van der Waals surface area (Å²) in [6, 6.07) is 2.29. The van der Waals surface area contributed by atoms with Gasteiger partial charge in [-0.3, -0.25) is 9.59 Å². The molecular formula is C10H11NO5S2. The lowest BCUT2D eigenvalue weighted by Crippen LogP contribution is -2.43. The molecule has 18 heavy (non-hydrogen) atoms. The van der Waals surface area contributed by atoms with Crippen molar-refractivity contribution in [3.8, 4) is 0 Å². The van der Waals surface area contributed by atoms with Crippen LogP contribution >= 0.6 is 23.1 Å². The zero-order chi connectivity index (χ0) is 13.5. The van der Waals surface area contributed by atoms with Crippen LogP contribution in [-0.4, -0.2) is 39.9 Å². The molecule has 3 N–H and O–H groups in total. The van der Waals surface area contributed by atoms with Gasteiger partial charge in [-0.2, -0.15) is 0 Å². The second-order valence-electron chi connectivity index (χ2n) is 3.28. The van der Waals surface area contributed by atoms with E-state index in [1.54, 1.807) is 0 Å². The lowest BCUT2D eigenvalue weighted by atomic mass is 10.2. The largest absolute Gasteiger partial charge is 0.481 e. The predicted molar refractivity (Wildman–Crippen MR) is 66.9 cm³/mol. The molecule has 0 aromatic carbocycles. The Labute approximate surface area is 111 Å². The minimum absolute atomic E-state index is 0.0594. The lowest BCUT2D eigenvalue weighted by Gasteiger charge is -2.11. The Balaban J connectivity index is 2.41. The molecule has 0 aliphatic rings. The fourth-order valence-electron chi connectivity index (χ4n) is 1.09. The monoisotopic (exact) mass is 289 g/mol. The summed E-state index contributed by atoms with van der Waals surface area (Å²) in [6.07, 6.45) is -0.634. The molecular weight excluding hydrogens is 278 g/mol. The van der Waals surface area contributed by atoms with Crippen molar-refractivity contribution in [2.45, 2.75) is 16.7 Å². The van der Waals surface area contributed by atoms with E-state index >= 15 is 0 Å². The van der Waals surface area contributed by atoms with Crippen LogP contribution in [0.3, 0.4) is 0 Å². The van der Waals surface area contributed by atoms with Crippen LogP contribution in [0.15, 0.2) is 21.7 Å². The Morgan fingerprint density at radius 1 is 1.39 bits per heavy atom. The molecule has 1 rings (SSSR count). The highest BCUT2D eigenvalue weighted by Gasteiger charge is 2.22. The Morgan fingerprint density at radius 3 is 2.61 bits per heavy atom. The van der Waals surface area contributed by atoms with E-state index in [0.29, 0.717) is 0 Å². The highest BCUT2D eigenvalue weighted by atomic mass is 32.2. The number of thiophene rings is 1. The maximum absolute atomic E-state index is 11.5. The van der Waals surface area contributed by atoms with Gasteiger partial charge in [0.15, 0.2) is 0 Å². The van der Waals surface area contributed by atoms with Crippen LogP contribution < -0.4 is 5.32 Å². The predicted octanol–water partition coefficient (Wildman–Crippen LogP) is 0.884. The molecule has 0 aliphatic heterocycles. The van der Waals surface area contributed by atoms with Crippen molar-refractivity contribution in [1.82, 2.24) is 5.32 Å². The van der Waals surface area contributed by atoms with Gasteiger partial charge in [0.1, 0.15) is 6.04 Å². The molecule has 98 valence electrons. The Kier molecular flexibility index (Phi) is 5.66. The van der Waals surface area contributed by atoms with Gasteiger partial charge in [-0.05, 0) is 11.4 Å². The van der Waals surface area contributed by atoms with Crippen molar-refractivity contribution in [3.63, 3.8) is 0 Å². The highest BCUT2D eigenvalue weighted by Crippen LogP contribution is 2.22. The van der Waals surface area contributed by atoms with Gasteiger partial charge in [-0.1, -0.05) is 6.07 Å². The maximum atomic E-state index is 11.5. The average Bonchev–Trinajstić information content (AvgIpc) is 2.77. The minimum atomic E-state index is -1.39. The van der Waals surface area contributed by atoms with Crippen LogP contribution in [0, 0.1) is 0 Å². The molecule has 8 heteroatoms. The number of carbonyl (C=O) groups is 3. The molecule has 0 saturated heterocycles. The van der Waals surface area contributed by atoms with Crippen molar-refractivity contribution in [2.75, 3.05) is 5.75 Å². The molecule has 1 heterocycles. The molecule has 6 nitrogen and oxygen atoms in total. The number of carbonyl (C=O) groups excluding carboxylic acids is 1. The highest BCUT2D eigenvalue weighted by molar-refractivity contribution is 8.01. The fourth-order valence-corrected chi connectivity index (χ4v) is 2.69. The minimum Gasteiger partial charge on any atom is -0.481 e. The van der Waals surface area contributed by atoms with Crippen LogP contribution in [0.1, 0.15) is 6.42 Å². The van der Waals surface area contributed by atoms with Crippen LogP contribution in [0.4, 0.5) is 0 Å². The third kappa shape index (κ3) is 5.19. The molecule has 1 atom stereocenters. The summed E-state index contributed by atoms with van der Waals surface area (Å²) in [7, 11) is 0. The molecule has 0 aliphatic carbocycles. The summed E-state index contributed by atoms with van der Waals surface area (Å²) >= 11 is 2.75. The van der Waals surface area contributed by atoms with Crippen molar-refractivity contribution >= 4 is 40.9 Å². The Hall–Kier alpha value is -1.54. The molecule has 0 radical (unpaired) electrons. The van der Waals surface area contributed by atoms with Gasteiger partial charge in [-0.15, -0.1) is 23.1 Å². The molecule has 0 bridgehead atoms. The number of nitrogens with one attached hydrogen (secondary N) is 1. The van der Waals surface area contributed by atoms with Gasteiger partial charge in [0, 0.05) is 0 Å². The number of hydrogen-bond donors (Lipinski definition) is 3. The Bertz CT molecular complexity index is 431. The molecule has 1 amide bonds. The number of hydrogen-bond acceptors (Lipinski definition) is 5. The quantitative estimate of drug-likeness (QED) is 0.644. The SMILES string of the molecule is O=C(O)C[C@H](NC(=O)CSc1cccs1)C(=O)O. The third-order valence-corrected chi connectivity index (χ3v) is 3.98. The topological polar surface area (TPSA) is 104 Å². The van der Waals surface area contributed by atoms with Gasteiger partial charge in [-0.25, -0.2) is 4.79 Å². The molecule has 1 aromatic heterocycles. The van der Waals surface area contributed by atoms with E-state index in [2.05, 4.69) is 5.32 Å². The summed E-state index contributed by atoms with van der Waals surface area (Å²) < 4.78 is 0.940. The van der Waals surface area contributed by atoms with Gasteiger partial charge < -0.3 is 15.5 Å². The van der Waals surface area contributed by atoms with Crippen LogP contribution in [-0.2, 0) is 14.4 Å². The van der Waals surface area contributed by atoms with E-state index < -0.39 is 30.3 Å². The number of carboxylic acid groups (broad SMARTS) is 2. The number of thioether (sulfide) groups is 1. The zero-order valence-corrected chi connectivity index (χ0v) is 10.8. The average molecular weight is 289 g/mol. The van der Waals surface area contributed by atoms with Gasteiger partial charge in [0.25, 0.3) is 0 Å². The van der Waals surface area contributed by atoms with Crippen LogP contribution in [0.25, 0.3) is 0 Å². The standard InChI is InChI=1S/C10H11NO5S2/c12-7(5-18-9-2-1-3-17-9)11-6(10(15)16)4-8(13)14/h1-3,6H,4-5H2,(H,11,12)(H,13,14)(H,15,16)/t6-/m0/s1. The third-order valence-electron chi connectivity index (χ3n) is 1.85. The lowest BCUT2D eigenvalue weighted by molar-refractivity contribution is -0.147. The first-order valence-electron chi connectivity index (χ1n) is 4.89. The molecule has 0 unspecified atom stereocenters. The smallest absolute Gasteiger partial charge is 0.326 e. The first-order chi connectivity index (χ1) is 8.49. The fraction of sp³-hybridized carbons (Fsp3) is 0.300. The second kappa shape index (κ2) is 7.02. The van der Waals surface area contributed by atoms with Crippen LogP contribution in [0.5, 0.6) is 0 Å². The summed E-state index contributed by atoms with van der Waals surface area (Å²) in [5.41, 5.74) is 0. The van der Waals surface area contributed by atoms with Crippen molar-refractivity contribution in [3.05, 3.63) is 17.5 Å². The van der Waals surface area contributed by atoms with Crippen LogP contribution in [0.2, 0.25) is 0 Å². The van der Waals surface area contributed by atoms with Crippen molar-refractivity contribution < 1.29 is 24.6 Å². The van der Waals surface area contributed by atoms with Crippen molar-refractivity contribution in [1.29, 1.82) is 0 Å². The summed E-state index contributed by atoms with van der Waals surface area (Å²) in [5.74, 6) is -3.06. The molecule has 0 spiro atoms. The van der Waals surface area contributed by atoms with Gasteiger partial charge in [0.05, 0.1) is 16.4 Å². The van der Waals surface area contributed by atoms with E-state index in [4.69, 9.17) is 10.2 Å². The number of aliphatic carboxylic acids is 2. The van der Waals surface area contributed by atoms with E-state index in [9.17, 15) is 14.4 Å². The number of rotatable bonds is 7. The first-order valence-corrected chi connectivity index (χ1v) is 6.76. The summed E-state index contributed by atoms with van der Waals surface area (Å²) in [4.78, 5) is 32.6. The summed E-state index contributed by atoms with van der Waals surface area (Å²) in [5, 5.41) is 21.3. The van der Waals surface area contributed by atoms with E-state index in [1.807, 2.05) is 17.5 Å². The maximum Gasteiger partial charge on any atom is 0.326 e. The van der Waals surface area contributed by atoms with Gasteiger partial charge >= 0.3 is 11.9 Å². The number of carboxylic acids is 2. The van der Waals surface area contributed by atoms with E-state index in [-0.39, 0.29) is 5.75 Å². The van der Waals surface area contributed by atoms with E-state index in [0.717, 1.165) is 4.21 Å². The summed E-state index contributed by atoms with van der Waals surface area (Å²) in [6.45, 7) is 0. The molecule has 0 fully saturated rings. The zero-order valence-electron chi connectivity index (χ0n) is 9.16. The Morgan fingerprint density at radius 2 is 2.11 bits per heavy atom. The normalized spacial score (nSPS) is 11.8. The first kappa shape index (κ1) is 14.5.